The molecular formula is C16H11N3O5. The summed E-state index contributed by atoms with van der Waals surface area (Å²) in [6.45, 7) is 0. The summed E-state index contributed by atoms with van der Waals surface area (Å²) in [5, 5.41) is 15.1. The van der Waals surface area contributed by atoms with Gasteiger partial charge in [0, 0.05) is 23.1 Å². The molecule has 0 unspecified atom stereocenters. The largest absolute Gasteiger partial charge is 0.464 e. The SMILES string of the molecule is COC(=O)c1nn(C(=O)c2ccccc2)c2ccc([N+](=O)[O-])cc12. The summed E-state index contributed by atoms with van der Waals surface area (Å²) in [7, 11) is 1.17. The molecule has 120 valence electrons. The Kier molecular flexibility index (Phi) is 3.78. The first-order valence-electron chi connectivity index (χ1n) is 6.88. The number of hydrogen-bond donors (Lipinski definition) is 0. The van der Waals surface area contributed by atoms with E-state index >= 15 is 0 Å². The van der Waals surface area contributed by atoms with Crippen LogP contribution in [0.3, 0.4) is 0 Å². The molecule has 8 heteroatoms. The molecule has 1 aromatic heterocycles. The first-order valence-corrected chi connectivity index (χ1v) is 6.88. The van der Waals surface area contributed by atoms with Gasteiger partial charge in [-0.1, -0.05) is 18.2 Å². The summed E-state index contributed by atoms with van der Waals surface area (Å²) >= 11 is 0. The third kappa shape index (κ3) is 2.50. The van der Waals surface area contributed by atoms with E-state index in [9.17, 15) is 19.7 Å². The van der Waals surface area contributed by atoms with Gasteiger partial charge in [0.1, 0.15) is 0 Å². The van der Waals surface area contributed by atoms with Crippen LogP contribution in [0, 0.1) is 10.1 Å². The molecule has 0 spiro atoms. The smallest absolute Gasteiger partial charge is 0.359 e. The van der Waals surface area contributed by atoms with Crippen LogP contribution in [0.2, 0.25) is 0 Å². The van der Waals surface area contributed by atoms with Gasteiger partial charge in [-0.3, -0.25) is 14.9 Å². The number of carbonyl (C=O) groups excluding carboxylic acids is 2. The lowest BCUT2D eigenvalue weighted by Gasteiger charge is -2.02. The number of non-ortho nitro benzene ring substituents is 1. The highest BCUT2D eigenvalue weighted by Gasteiger charge is 2.23. The Balaban J connectivity index is 2.24. The summed E-state index contributed by atoms with van der Waals surface area (Å²) in [4.78, 5) is 34.9. The molecule has 0 saturated carbocycles. The van der Waals surface area contributed by atoms with Crippen LogP contribution in [0.5, 0.6) is 0 Å². The number of nitrogens with zero attached hydrogens (tertiary/aromatic N) is 3. The van der Waals surface area contributed by atoms with Gasteiger partial charge in [0.25, 0.3) is 11.6 Å². The van der Waals surface area contributed by atoms with Crippen molar-refractivity contribution in [1.29, 1.82) is 0 Å². The lowest BCUT2D eigenvalue weighted by Crippen LogP contribution is -2.14. The Hall–Kier alpha value is -3.55. The monoisotopic (exact) mass is 325 g/mol. The van der Waals surface area contributed by atoms with Crippen LogP contribution in [-0.2, 0) is 4.74 Å². The maximum atomic E-state index is 12.6. The maximum absolute atomic E-state index is 12.6. The summed E-state index contributed by atoms with van der Waals surface area (Å²) in [6, 6.07) is 12.2. The van der Waals surface area contributed by atoms with Crippen LogP contribution < -0.4 is 0 Å². The third-order valence-electron chi connectivity index (χ3n) is 3.47. The van der Waals surface area contributed by atoms with Gasteiger partial charge in [0.15, 0.2) is 5.69 Å². The Bertz CT molecular complexity index is 963. The van der Waals surface area contributed by atoms with Crippen molar-refractivity contribution in [2.24, 2.45) is 0 Å². The minimum Gasteiger partial charge on any atom is -0.464 e. The van der Waals surface area contributed by atoms with Gasteiger partial charge in [-0.15, -0.1) is 0 Å². The van der Waals surface area contributed by atoms with E-state index in [1.165, 1.54) is 25.3 Å². The Morgan fingerprint density at radius 2 is 1.88 bits per heavy atom. The molecule has 2 aromatic carbocycles. The average molecular weight is 325 g/mol. The number of esters is 1. The fraction of sp³-hybridized carbons (Fsp3) is 0.0625. The summed E-state index contributed by atoms with van der Waals surface area (Å²) in [6.07, 6.45) is 0. The number of rotatable bonds is 3. The van der Waals surface area contributed by atoms with Gasteiger partial charge >= 0.3 is 5.97 Å². The van der Waals surface area contributed by atoms with Gasteiger partial charge in [-0.2, -0.15) is 9.78 Å². The number of nitro benzene ring substituents is 1. The normalized spacial score (nSPS) is 10.5. The molecule has 3 aromatic rings. The predicted octanol–water partition coefficient (Wildman–Crippen LogP) is 2.42. The number of aromatic nitrogens is 2. The minimum atomic E-state index is -0.778. The minimum absolute atomic E-state index is 0.152. The first-order chi connectivity index (χ1) is 11.5. The zero-order valence-electron chi connectivity index (χ0n) is 12.5. The number of hydrogen-bond acceptors (Lipinski definition) is 6. The molecule has 0 bridgehead atoms. The van der Waals surface area contributed by atoms with E-state index in [1.54, 1.807) is 30.3 Å². The predicted molar refractivity (Wildman–Crippen MR) is 83.9 cm³/mol. The second kappa shape index (κ2) is 5.92. The number of carbonyl (C=O) groups is 2. The average Bonchev–Trinajstić information content (AvgIpc) is 3.00. The third-order valence-corrected chi connectivity index (χ3v) is 3.47. The van der Waals surface area contributed by atoms with Crippen molar-refractivity contribution >= 4 is 28.5 Å². The van der Waals surface area contributed by atoms with Crippen molar-refractivity contribution in [1.82, 2.24) is 9.78 Å². The van der Waals surface area contributed by atoms with Crippen LogP contribution >= 0.6 is 0 Å². The summed E-state index contributed by atoms with van der Waals surface area (Å²) < 4.78 is 5.69. The van der Waals surface area contributed by atoms with Crippen molar-refractivity contribution < 1.29 is 19.2 Å². The molecule has 0 aliphatic rings. The number of fused-ring (bicyclic) bond motifs is 1. The van der Waals surface area contributed by atoms with E-state index in [1.807, 2.05) is 0 Å². The highest BCUT2D eigenvalue weighted by molar-refractivity contribution is 6.08. The molecule has 0 saturated heterocycles. The molecular weight excluding hydrogens is 314 g/mol. The Morgan fingerprint density at radius 3 is 2.50 bits per heavy atom. The highest BCUT2D eigenvalue weighted by atomic mass is 16.6. The van der Waals surface area contributed by atoms with Crippen molar-refractivity contribution in [3.63, 3.8) is 0 Å². The number of nitro groups is 1. The molecule has 0 aliphatic heterocycles. The quantitative estimate of drug-likeness (QED) is 0.416. The van der Waals surface area contributed by atoms with Gasteiger partial charge < -0.3 is 4.74 Å². The fourth-order valence-electron chi connectivity index (χ4n) is 2.32. The van der Waals surface area contributed by atoms with Crippen LogP contribution in [-0.4, -0.2) is 33.7 Å². The zero-order chi connectivity index (χ0) is 17.3. The second-order valence-corrected chi connectivity index (χ2v) is 4.88. The van der Waals surface area contributed by atoms with Gasteiger partial charge in [0.05, 0.1) is 17.5 Å². The van der Waals surface area contributed by atoms with Gasteiger partial charge in [-0.05, 0) is 18.2 Å². The number of methoxy groups -OCH3 is 1. The van der Waals surface area contributed by atoms with E-state index in [0.29, 0.717) is 5.56 Å². The number of benzene rings is 2. The molecule has 0 atom stereocenters. The molecule has 0 radical (unpaired) electrons. The Morgan fingerprint density at radius 1 is 1.17 bits per heavy atom. The van der Waals surface area contributed by atoms with Crippen LogP contribution in [0.25, 0.3) is 10.9 Å². The van der Waals surface area contributed by atoms with Crippen molar-refractivity contribution in [3.8, 4) is 0 Å². The van der Waals surface area contributed by atoms with E-state index in [4.69, 9.17) is 0 Å². The fourth-order valence-corrected chi connectivity index (χ4v) is 2.32. The zero-order valence-corrected chi connectivity index (χ0v) is 12.5. The second-order valence-electron chi connectivity index (χ2n) is 4.88. The molecule has 24 heavy (non-hydrogen) atoms. The van der Waals surface area contributed by atoms with Crippen molar-refractivity contribution in [2.45, 2.75) is 0 Å². The molecule has 3 rings (SSSR count). The van der Waals surface area contributed by atoms with Crippen molar-refractivity contribution in [3.05, 3.63) is 69.9 Å². The van der Waals surface area contributed by atoms with E-state index < -0.39 is 16.8 Å². The van der Waals surface area contributed by atoms with Gasteiger partial charge in [0.2, 0.25) is 0 Å². The van der Waals surface area contributed by atoms with Crippen molar-refractivity contribution in [2.75, 3.05) is 7.11 Å². The topological polar surface area (TPSA) is 104 Å². The summed E-state index contributed by atoms with van der Waals surface area (Å²) in [5.74, 6) is -1.23. The van der Waals surface area contributed by atoms with Crippen LogP contribution in [0.4, 0.5) is 5.69 Å². The number of ether oxygens (including phenoxy) is 1. The van der Waals surface area contributed by atoms with Crippen LogP contribution in [0.1, 0.15) is 20.8 Å². The molecule has 0 aliphatic carbocycles. The maximum Gasteiger partial charge on any atom is 0.359 e. The first kappa shape index (κ1) is 15.3. The van der Waals surface area contributed by atoms with Crippen LogP contribution in [0.15, 0.2) is 48.5 Å². The van der Waals surface area contributed by atoms with E-state index in [-0.39, 0.29) is 22.3 Å². The Labute approximate surface area is 135 Å². The standard InChI is InChI=1S/C16H11N3O5/c1-24-16(21)14-12-9-11(19(22)23)7-8-13(12)18(17-14)15(20)10-5-3-2-4-6-10/h2-9H,1H3. The molecule has 0 N–H and O–H groups in total. The summed E-state index contributed by atoms with van der Waals surface area (Å²) in [5.41, 5.74) is 0.298. The van der Waals surface area contributed by atoms with Gasteiger partial charge in [-0.25, -0.2) is 4.79 Å². The molecule has 0 fully saturated rings. The highest BCUT2D eigenvalue weighted by Crippen LogP contribution is 2.25. The lowest BCUT2D eigenvalue weighted by molar-refractivity contribution is -0.384. The van der Waals surface area contributed by atoms with E-state index in [2.05, 4.69) is 9.84 Å². The molecule has 1 heterocycles. The molecule has 8 nitrogen and oxygen atoms in total. The molecule has 0 amide bonds. The van der Waals surface area contributed by atoms with E-state index in [0.717, 1.165) is 4.68 Å². The lowest BCUT2D eigenvalue weighted by atomic mass is 10.1.